The zero-order valence-electron chi connectivity index (χ0n) is 16.0. The van der Waals surface area contributed by atoms with Crippen LogP contribution in [0.1, 0.15) is 43.0 Å². The first kappa shape index (κ1) is 20.6. The summed E-state index contributed by atoms with van der Waals surface area (Å²) in [4.78, 5) is 16.6. The van der Waals surface area contributed by atoms with E-state index in [1.54, 1.807) is 24.3 Å². The van der Waals surface area contributed by atoms with Crippen molar-refractivity contribution in [3.8, 4) is 5.75 Å². The molecular formula is C22H21F3N2O2. The Balaban J connectivity index is 2.06. The molecule has 0 aliphatic carbocycles. The van der Waals surface area contributed by atoms with E-state index >= 15 is 0 Å². The molecule has 0 aliphatic heterocycles. The summed E-state index contributed by atoms with van der Waals surface area (Å²) in [6.07, 6.45) is -2.66. The van der Waals surface area contributed by atoms with Gasteiger partial charge in [-0.1, -0.05) is 44.2 Å². The summed E-state index contributed by atoms with van der Waals surface area (Å²) in [7, 11) is 0. The average molecular weight is 402 g/mol. The standard InChI is InChI=1S/C22H21F3N2O2/c1-13(2)12-18(28)27-19(15-5-8-16(9-6-15)22(23,24)25)17-10-7-14-4-3-11-26-20(14)21(17)29/h3-11,13,19,29H,12H2,1-2H3,(H,27,28). The van der Waals surface area contributed by atoms with Crippen LogP contribution in [-0.4, -0.2) is 16.0 Å². The summed E-state index contributed by atoms with van der Waals surface area (Å²) in [5, 5.41) is 14.3. The molecule has 3 aromatic rings. The number of carbonyl (C=O) groups is 1. The number of amides is 1. The predicted molar refractivity (Wildman–Crippen MR) is 104 cm³/mol. The SMILES string of the molecule is CC(C)CC(=O)NC(c1ccc(C(F)(F)F)cc1)c1ccc2cccnc2c1O. The van der Waals surface area contributed by atoms with E-state index in [2.05, 4.69) is 10.3 Å². The molecule has 0 fully saturated rings. The molecular weight excluding hydrogens is 381 g/mol. The van der Waals surface area contributed by atoms with Gasteiger partial charge in [-0.3, -0.25) is 9.78 Å². The van der Waals surface area contributed by atoms with Crippen LogP contribution in [0.25, 0.3) is 10.9 Å². The van der Waals surface area contributed by atoms with Crippen molar-refractivity contribution < 1.29 is 23.1 Å². The molecule has 0 radical (unpaired) electrons. The molecule has 2 N–H and O–H groups in total. The molecule has 0 spiro atoms. The van der Waals surface area contributed by atoms with Crippen molar-refractivity contribution in [2.24, 2.45) is 5.92 Å². The van der Waals surface area contributed by atoms with E-state index in [1.807, 2.05) is 13.8 Å². The van der Waals surface area contributed by atoms with Gasteiger partial charge in [0.2, 0.25) is 5.91 Å². The number of benzene rings is 2. The molecule has 29 heavy (non-hydrogen) atoms. The molecule has 4 nitrogen and oxygen atoms in total. The number of phenols is 1. The number of pyridine rings is 1. The lowest BCUT2D eigenvalue weighted by atomic mass is 9.95. The summed E-state index contributed by atoms with van der Waals surface area (Å²) in [6, 6.07) is 10.7. The average Bonchev–Trinajstić information content (AvgIpc) is 2.66. The number of hydrogen-bond donors (Lipinski definition) is 2. The van der Waals surface area contributed by atoms with E-state index in [4.69, 9.17) is 0 Å². The molecule has 0 aliphatic rings. The van der Waals surface area contributed by atoms with Crippen LogP contribution >= 0.6 is 0 Å². The first-order chi connectivity index (χ1) is 13.7. The van der Waals surface area contributed by atoms with E-state index in [0.717, 1.165) is 12.1 Å². The predicted octanol–water partition coefficient (Wildman–Crippen LogP) is 5.21. The number of carbonyl (C=O) groups excluding carboxylic acids is 1. The van der Waals surface area contributed by atoms with Gasteiger partial charge in [-0.05, 0) is 29.7 Å². The summed E-state index contributed by atoms with van der Waals surface area (Å²) in [5.41, 5.74) is 0.381. The van der Waals surface area contributed by atoms with Crippen LogP contribution < -0.4 is 5.32 Å². The number of rotatable bonds is 5. The minimum Gasteiger partial charge on any atom is -0.505 e. The van der Waals surface area contributed by atoms with Crippen LogP contribution in [0.15, 0.2) is 54.7 Å². The minimum atomic E-state index is -4.45. The van der Waals surface area contributed by atoms with Crippen molar-refractivity contribution in [1.82, 2.24) is 10.3 Å². The van der Waals surface area contributed by atoms with Crippen molar-refractivity contribution in [3.05, 3.63) is 71.4 Å². The lowest BCUT2D eigenvalue weighted by molar-refractivity contribution is -0.137. The second-order valence-corrected chi connectivity index (χ2v) is 7.30. The van der Waals surface area contributed by atoms with Crippen molar-refractivity contribution in [3.63, 3.8) is 0 Å². The molecule has 0 saturated heterocycles. The molecule has 152 valence electrons. The molecule has 2 aromatic carbocycles. The van der Waals surface area contributed by atoms with Crippen LogP contribution in [0.3, 0.4) is 0 Å². The van der Waals surface area contributed by atoms with Crippen LogP contribution in [0, 0.1) is 5.92 Å². The number of nitrogens with zero attached hydrogens (tertiary/aromatic N) is 1. The molecule has 7 heteroatoms. The lowest BCUT2D eigenvalue weighted by Gasteiger charge is -2.22. The Hall–Kier alpha value is -3.09. The zero-order valence-corrected chi connectivity index (χ0v) is 16.0. The Morgan fingerprint density at radius 2 is 1.79 bits per heavy atom. The highest BCUT2D eigenvalue weighted by molar-refractivity contribution is 5.86. The monoisotopic (exact) mass is 402 g/mol. The Labute approximate surface area is 166 Å². The van der Waals surface area contributed by atoms with E-state index in [9.17, 15) is 23.1 Å². The smallest absolute Gasteiger partial charge is 0.416 e. The fourth-order valence-electron chi connectivity index (χ4n) is 3.17. The molecule has 1 amide bonds. The molecule has 0 saturated carbocycles. The molecule has 3 rings (SSSR count). The normalized spacial score (nSPS) is 12.9. The number of phenolic OH excluding ortho intramolecular Hbond substituents is 1. The molecule has 0 bridgehead atoms. The third-order valence-electron chi connectivity index (χ3n) is 4.56. The van der Waals surface area contributed by atoms with Crippen LogP contribution in [0.2, 0.25) is 0 Å². The largest absolute Gasteiger partial charge is 0.505 e. The van der Waals surface area contributed by atoms with Gasteiger partial charge < -0.3 is 10.4 Å². The highest BCUT2D eigenvalue weighted by atomic mass is 19.4. The number of nitrogens with one attached hydrogen (secondary N) is 1. The number of alkyl halides is 3. The second kappa shape index (κ2) is 8.11. The topological polar surface area (TPSA) is 62.2 Å². The highest BCUT2D eigenvalue weighted by Gasteiger charge is 2.31. The first-order valence-electron chi connectivity index (χ1n) is 9.20. The van der Waals surface area contributed by atoms with Gasteiger partial charge in [0.25, 0.3) is 0 Å². The maximum atomic E-state index is 12.9. The van der Waals surface area contributed by atoms with Gasteiger partial charge in [0.1, 0.15) is 11.3 Å². The van der Waals surface area contributed by atoms with Crippen LogP contribution in [0.4, 0.5) is 13.2 Å². The maximum absolute atomic E-state index is 12.9. The van der Waals surface area contributed by atoms with E-state index < -0.39 is 17.8 Å². The number of aromatic hydroxyl groups is 1. The molecule has 1 heterocycles. The lowest BCUT2D eigenvalue weighted by Crippen LogP contribution is -2.30. The quantitative estimate of drug-likeness (QED) is 0.616. The Morgan fingerprint density at radius 1 is 1.10 bits per heavy atom. The van der Waals surface area contributed by atoms with Crippen molar-refractivity contribution >= 4 is 16.8 Å². The van der Waals surface area contributed by atoms with Gasteiger partial charge in [0.05, 0.1) is 11.6 Å². The summed E-state index contributed by atoms with van der Waals surface area (Å²) in [5.74, 6) is -0.265. The number of fused-ring (bicyclic) bond motifs is 1. The van der Waals surface area contributed by atoms with E-state index in [1.165, 1.54) is 18.3 Å². The first-order valence-corrected chi connectivity index (χ1v) is 9.20. The number of halogens is 3. The van der Waals surface area contributed by atoms with Crippen molar-refractivity contribution in [2.75, 3.05) is 0 Å². The van der Waals surface area contributed by atoms with Gasteiger partial charge in [0, 0.05) is 23.6 Å². The van der Waals surface area contributed by atoms with Crippen molar-refractivity contribution in [1.29, 1.82) is 0 Å². The minimum absolute atomic E-state index is 0.107. The second-order valence-electron chi connectivity index (χ2n) is 7.30. The Kier molecular flexibility index (Phi) is 5.77. The zero-order chi connectivity index (χ0) is 21.2. The van der Waals surface area contributed by atoms with E-state index in [-0.39, 0.29) is 24.0 Å². The van der Waals surface area contributed by atoms with Gasteiger partial charge in [0.15, 0.2) is 0 Å². The van der Waals surface area contributed by atoms with E-state index in [0.29, 0.717) is 22.0 Å². The fourth-order valence-corrected chi connectivity index (χ4v) is 3.17. The third-order valence-corrected chi connectivity index (χ3v) is 4.56. The Bertz CT molecular complexity index is 1010. The Morgan fingerprint density at radius 3 is 2.41 bits per heavy atom. The summed E-state index contributed by atoms with van der Waals surface area (Å²) >= 11 is 0. The molecule has 1 atom stereocenters. The van der Waals surface area contributed by atoms with Gasteiger partial charge in [-0.15, -0.1) is 0 Å². The highest BCUT2D eigenvalue weighted by Crippen LogP contribution is 2.36. The van der Waals surface area contributed by atoms with Gasteiger partial charge in [-0.25, -0.2) is 0 Å². The maximum Gasteiger partial charge on any atom is 0.416 e. The summed E-state index contributed by atoms with van der Waals surface area (Å²) < 4.78 is 38.8. The number of hydrogen-bond acceptors (Lipinski definition) is 3. The summed E-state index contributed by atoms with van der Waals surface area (Å²) in [6.45, 7) is 3.79. The molecule has 1 unspecified atom stereocenters. The van der Waals surface area contributed by atoms with Crippen LogP contribution in [0.5, 0.6) is 5.75 Å². The van der Waals surface area contributed by atoms with Gasteiger partial charge in [-0.2, -0.15) is 13.2 Å². The molecule has 1 aromatic heterocycles. The third kappa shape index (κ3) is 4.67. The van der Waals surface area contributed by atoms with Crippen molar-refractivity contribution in [2.45, 2.75) is 32.5 Å². The number of aromatic nitrogens is 1. The van der Waals surface area contributed by atoms with Crippen LogP contribution in [-0.2, 0) is 11.0 Å². The fraction of sp³-hybridized carbons (Fsp3) is 0.273. The van der Waals surface area contributed by atoms with Gasteiger partial charge >= 0.3 is 6.18 Å².